The first kappa shape index (κ1) is 16.8. The first-order valence-corrected chi connectivity index (χ1v) is 5.68. The molecule has 1 unspecified atom stereocenters. The molecule has 114 valence electrons. The van der Waals surface area contributed by atoms with E-state index in [9.17, 15) is 27.1 Å². The average molecular weight is 299 g/mol. The van der Waals surface area contributed by atoms with Crippen molar-refractivity contribution >= 4 is 0 Å². The van der Waals surface area contributed by atoms with Crippen LogP contribution in [0, 0.1) is 11.6 Å². The highest BCUT2D eigenvalue weighted by molar-refractivity contribution is 5.24. The van der Waals surface area contributed by atoms with E-state index in [0.717, 1.165) is 18.2 Å². The molecule has 2 atom stereocenters. The number of aliphatic hydroxyl groups excluding tert-OH is 1. The highest BCUT2D eigenvalue weighted by Crippen LogP contribution is 2.35. The van der Waals surface area contributed by atoms with Crippen LogP contribution in [0.5, 0.6) is 0 Å². The molecule has 0 spiro atoms. The van der Waals surface area contributed by atoms with Gasteiger partial charge in [-0.15, -0.1) is 0 Å². The van der Waals surface area contributed by atoms with Crippen molar-refractivity contribution in [2.75, 3.05) is 20.3 Å². The van der Waals surface area contributed by atoms with Gasteiger partial charge in [0.15, 0.2) is 0 Å². The van der Waals surface area contributed by atoms with Crippen molar-refractivity contribution in [3.8, 4) is 0 Å². The Bertz CT molecular complexity index is 418. The number of halogens is 5. The number of methoxy groups -OCH3 is 1. The lowest BCUT2D eigenvalue weighted by Crippen LogP contribution is -2.40. The van der Waals surface area contributed by atoms with Crippen LogP contribution in [0.4, 0.5) is 22.0 Å². The molecular formula is C12H14F5NO2. The molecule has 2 N–H and O–H groups in total. The van der Waals surface area contributed by atoms with E-state index in [1.54, 1.807) is 0 Å². The second-order valence-electron chi connectivity index (χ2n) is 4.13. The normalized spacial score (nSPS) is 15.2. The van der Waals surface area contributed by atoms with Gasteiger partial charge in [-0.25, -0.2) is 8.78 Å². The van der Waals surface area contributed by atoms with Crippen molar-refractivity contribution in [2.45, 2.75) is 18.3 Å². The second-order valence-corrected chi connectivity index (χ2v) is 4.13. The van der Waals surface area contributed by atoms with Crippen molar-refractivity contribution in [3.63, 3.8) is 0 Å². The maximum Gasteiger partial charge on any atom is 0.408 e. The number of hydrogen-bond donors (Lipinski definition) is 2. The van der Waals surface area contributed by atoms with Gasteiger partial charge < -0.3 is 9.84 Å². The Balaban J connectivity index is 2.96. The monoisotopic (exact) mass is 299 g/mol. The molecule has 0 aliphatic heterocycles. The summed E-state index contributed by atoms with van der Waals surface area (Å²) in [4.78, 5) is 0. The summed E-state index contributed by atoms with van der Waals surface area (Å²) in [5, 5.41) is 11.2. The minimum Gasteiger partial charge on any atom is -0.389 e. The molecule has 0 fully saturated rings. The van der Waals surface area contributed by atoms with Crippen LogP contribution in [0.1, 0.15) is 11.6 Å². The fraction of sp³-hybridized carbons (Fsp3) is 0.500. The summed E-state index contributed by atoms with van der Waals surface area (Å²) in [5.74, 6) is -2.61. The Morgan fingerprint density at radius 1 is 1.25 bits per heavy atom. The van der Waals surface area contributed by atoms with Gasteiger partial charge in [0, 0.05) is 19.2 Å². The van der Waals surface area contributed by atoms with Gasteiger partial charge in [-0.3, -0.25) is 5.32 Å². The summed E-state index contributed by atoms with van der Waals surface area (Å²) >= 11 is 0. The van der Waals surface area contributed by atoms with Crippen molar-refractivity contribution in [3.05, 3.63) is 35.4 Å². The Kier molecular flexibility index (Phi) is 5.85. The van der Waals surface area contributed by atoms with E-state index in [0.29, 0.717) is 0 Å². The number of hydrogen-bond acceptors (Lipinski definition) is 3. The van der Waals surface area contributed by atoms with E-state index in [4.69, 9.17) is 0 Å². The molecule has 0 aliphatic carbocycles. The minimum atomic E-state index is -4.91. The molecule has 0 amide bonds. The first-order valence-electron chi connectivity index (χ1n) is 5.68. The van der Waals surface area contributed by atoms with Crippen molar-refractivity contribution in [2.24, 2.45) is 0 Å². The summed E-state index contributed by atoms with van der Waals surface area (Å²) < 4.78 is 70.1. The van der Waals surface area contributed by atoms with Gasteiger partial charge in [0.05, 0.1) is 12.7 Å². The molecule has 0 aromatic heterocycles. The molecule has 1 aromatic rings. The van der Waals surface area contributed by atoms with E-state index in [1.165, 1.54) is 7.11 Å². The standard InChI is InChI=1S/C12H14F5NO2/c1-20-6-7(19)5-18-11(12(15,16)17)10-8(13)3-2-4-9(10)14/h2-4,7,11,18-19H,5-6H2,1H3/t7-,11?/m0/s1. The van der Waals surface area contributed by atoms with E-state index < -0.39 is 42.1 Å². The maximum absolute atomic E-state index is 13.4. The van der Waals surface area contributed by atoms with E-state index in [1.807, 2.05) is 5.32 Å². The number of alkyl halides is 3. The third-order valence-electron chi connectivity index (χ3n) is 2.53. The van der Waals surface area contributed by atoms with Gasteiger partial charge >= 0.3 is 6.18 Å². The number of benzene rings is 1. The van der Waals surface area contributed by atoms with Gasteiger partial charge in [0.1, 0.15) is 17.7 Å². The largest absolute Gasteiger partial charge is 0.408 e. The van der Waals surface area contributed by atoms with Crippen LogP contribution < -0.4 is 5.32 Å². The van der Waals surface area contributed by atoms with Crippen LogP contribution in [0.25, 0.3) is 0 Å². The van der Waals surface area contributed by atoms with Gasteiger partial charge in [-0.2, -0.15) is 13.2 Å². The molecule has 0 bridgehead atoms. The zero-order valence-corrected chi connectivity index (χ0v) is 10.5. The van der Waals surface area contributed by atoms with E-state index in [2.05, 4.69) is 4.74 Å². The van der Waals surface area contributed by atoms with Crippen LogP contribution in [0.2, 0.25) is 0 Å². The molecule has 3 nitrogen and oxygen atoms in total. The lowest BCUT2D eigenvalue weighted by Gasteiger charge is -2.24. The molecule has 0 aliphatic rings. The summed E-state index contributed by atoms with van der Waals surface area (Å²) in [6.07, 6.45) is -6.13. The summed E-state index contributed by atoms with van der Waals surface area (Å²) in [7, 11) is 1.26. The topological polar surface area (TPSA) is 41.5 Å². The summed E-state index contributed by atoms with van der Waals surface area (Å²) in [5.41, 5.74) is -1.12. The molecule has 0 radical (unpaired) electrons. The first-order chi connectivity index (χ1) is 9.27. The quantitative estimate of drug-likeness (QED) is 0.791. The zero-order valence-electron chi connectivity index (χ0n) is 10.5. The fourth-order valence-corrected chi connectivity index (χ4v) is 1.67. The third kappa shape index (κ3) is 4.39. The van der Waals surface area contributed by atoms with Crippen LogP contribution in [-0.2, 0) is 4.74 Å². The van der Waals surface area contributed by atoms with E-state index in [-0.39, 0.29) is 6.61 Å². The van der Waals surface area contributed by atoms with Crippen molar-refractivity contribution < 1.29 is 31.8 Å². The molecule has 20 heavy (non-hydrogen) atoms. The summed E-state index contributed by atoms with van der Waals surface area (Å²) in [6.45, 7) is -0.719. The Morgan fingerprint density at radius 3 is 2.25 bits per heavy atom. The van der Waals surface area contributed by atoms with Crippen molar-refractivity contribution in [1.82, 2.24) is 5.32 Å². The molecule has 0 saturated heterocycles. The lowest BCUT2D eigenvalue weighted by atomic mass is 10.0. The molecular weight excluding hydrogens is 285 g/mol. The Morgan fingerprint density at radius 2 is 1.80 bits per heavy atom. The van der Waals surface area contributed by atoms with Crippen LogP contribution in [0.15, 0.2) is 18.2 Å². The Labute approximate surface area is 112 Å². The number of nitrogens with one attached hydrogen (secondary N) is 1. The van der Waals surface area contributed by atoms with Gasteiger partial charge in [0.2, 0.25) is 0 Å². The highest BCUT2D eigenvalue weighted by atomic mass is 19.4. The lowest BCUT2D eigenvalue weighted by molar-refractivity contribution is -0.160. The van der Waals surface area contributed by atoms with Gasteiger partial charge in [-0.1, -0.05) is 6.07 Å². The molecule has 1 rings (SSSR count). The number of ether oxygens (including phenoxy) is 1. The Hall–Kier alpha value is -1.25. The van der Waals surface area contributed by atoms with Crippen LogP contribution >= 0.6 is 0 Å². The molecule has 0 heterocycles. The number of aliphatic hydroxyl groups is 1. The van der Waals surface area contributed by atoms with Crippen LogP contribution in [0.3, 0.4) is 0 Å². The fourth-order valence-electron chi connectivity index (χ4n) is 1.67. The zero-order chi connectivity index (χ0) is 15.3. The van der Waals surface area contributed by atoms with Gasteiger partial charge in [-0.05, 0) is 12.1 Å². The second kappa shape index (κ2) is 6.96. The van der Waals surface area contributed by atoms with Crippen molar-refractivity contribution in [1.29, 1.82) is 0 Å². The molecule has 0 saturated carbocycles. The predicted octanol–water partition coefficient (Wildman–Crippen LogP) is 2.17. The smallest absolute Gasteiger partial charge is 0.389 e. The predicted molar refractivity (Wildman–Crippen MR) is 61.0 cm³/mol. The van der Waals surface area contributed by atoms with E-state index >= 15 is 0 Å². The number of rotatable bonds is 6. The highest BCUT2D eigenvalue weighted by Gasteiger charge is 2.43. The average Bonchev–Trinajstić information content (AvgIpc) is 2.31. The molecule has 8 heteroatoms. The SMILES string of the molecule is COC[C@@H](O)CNC(c1c(F)cccc1F)C(F)(F)F. The van der Waals surface area contributed by atoms with Gasteiger partial charge in [0.25, 0.3) is 0 Å². The van der Waals surface area contributed by atoms with Crippen LogP contribution in [-0.4, -0.2) is 37.6 Å². The minimum absolute atomic E-state index is 0.197. The maximum atomic E-state index is 13.4. The summed E-state index contributed by atoms with van der Waals surface area (Å²) in [6, 6.07) is -0.0915. The third-order valence-corrected chi connectivity index (χ3v) is 2.53. The molecule has 1 aromatic carbocycles.